The van der Waals surface area contributed by atoms with Crippen molar-refractivity contribution in [2.75, 3.05) is 0 Å². The molecular formula is C16H25NO2. The average Bonchev–Trinajstić information content (AvgIpc) is 2.64. The lowest BCUT2D eigenvalue weighted by molar-refractivity contribution is -0.141. The molecule has 2 aliphatic rings. The number of nitrogens with zero attached hydrogens (tertiary/aromatic N) is 1. The summed E-state index contributed by atoms with van der Waals surface area (Å²) in [6.45, 7) is 8.11. The van der Waals surface area contributed by atoms with Crippen LogP contribution in [0.15, 0.2) is 0 Å². The molecule has 0 spiro atoms. The maximum atomic E-state index is 12.7. The van der Waals surface area contributed by atoms with E-state index in [4.69, 9.17) is 4.74 Å². The zero-order chi connectivity index (χ0) is 14.3. The lowest BCUT2D eigenvalue weighted by atomic mass is 9.61. The van der Waals surface area contributed by atoms with Gasteiger partial charge < -0.3 is 4.74 Å². The standard InChI is InChI=1S/C16H25NO2/c1-14(2)7-5-8-16(11-17,13(14)18)10-12-6-9-15(3,4)19-12/h12H,5-10H2,1-4H3. The van der Waals surface area contributed by atoms with Gasteiger partial charge in [0.1, 0.15) is 5.41 Å². The summed E-state index contributed by atoms with van der Waals surface area (Å²) >= 11 is 0. The summed E-state index contributed by atoms with van der Waals surface area (Å²) in [7, 11) is 0. The molecule has 1 aliphatic carbocycles. The van der Waals surface area contributed by atoms with Crippen LogP contribution < -0.4 is 0 Å². The molecule has 1 saturated heterocycles. The Kier molecular flexibility index (Phi) is 3.51. The van der Waals surface area contributed by atoms with Gasteiger partial charge in [0, 0.05) is 5.41 Å². The van der Waals surface area contributed by atoms with Gasteiger partial charge in [0.25, 0.3) is 0 Å². The zero-order valence-electron chi connectivity index (χ0n) is 12.6. The van der Waals surface area contributed by atoms with E-state index in [1.165, 1.54) is 0 Å². The molecular weight excluding hydrogens is 238 g/mol. The van der Waals surface area contributed by atoms with Crippen LogP contribution in [0.3, 0.4) is 0 Å². The molecule has 1 heterocycles. The molecule has 1 aliphatic heterocycles. The Morgan fingerprint density at radius 2 is 1.95 bits per heavy atom. The molecule has 0 N–H and O–H groups in total. The molecule has 0 aromatic rings. The number of ether oxygens (including phenoxy) is 1. The summed E-state index contributed by atoms with van der Waals surface area (Å²) in [6, 6.07) is 2.35. The second-order valence-corrected chi connectivity index (χ2v) is 7.50. The molecule has 2 atom stereocenters. The maximum absolute atomic E-state index is 12.7. The van der Waals surface area contributed by atoms with Gasteiger partial charge in [-0.2, -0.15) is 5.26 Å². The fraction of sp³-hybridized carbons (Fsp3) is 0.875. The van der Waals surface area contributed by atoms with Crippen molar-refractivity contribution < 1.29 is 9.53 Å². The summed E-state index contributed by atoms with van der Waals surface area (Å²) < 4.78 is 5.99. The van der Waals surface area contributed by atoms with Crippen molar-refractivity contribution in [3.63, 3.8) is 0 Å². The molecule has 2 unspecified atom stereocenters. The third-order valence-corrected chi connectivity index (χ3v) is 4.80. The minimum Gasteiger partial charge on any atom is -0.372 e. The van der Waals surface area contributed by atoms with E-state index in [2.05, 4.69) is 19.9 Å². The van der Waals surface area contributed by atoms with Crippen molar-refractivity contribution in [1.82, 2.24) is 0 Å². The van der Waals surface area contributed by atoms with Crippen LogP contribution in [0.1, 0.15) is 66.2 Å². The molecule has 2 rings (SSSR count). The van der Waals surface area contributed by atoms with Crippen molar-refractivity contribution in [2.45, 2.75) is 77.9 Å². The monoisotopic (exact) mass is 263 g/mol. The number of carbonyl (C=O) groups is 1. The number of nitriles is 1. The normalized spacial score (nSPS) is 37.0. The third-order valence-electron chi connectivity index (χ3n) is 4.80. The topological polar surface area (TPSA) is 50.1 Å². The molecule has 3 heteroatoms. The van der Waals surface area contributed by atoms with Crippen molar-refractivity contribution in [2.24, 2.45) is 10.8 Å². The Morgan fingerprint density at radius 3 is 2.47 bits per heavy atom. The van der Waals surface area contributed by atoms with Crippen LogP contribution in [0.5, 0.6) is 0 Å². The average molecular weight is 263 g/mol. The summed E-state index contributed by atoms with van der Waals surface area (Å²) in [6.07, 6.45) is 5.17. The summed E-state index contributed by atoms with van der Waals surface area (Å²) in [4.78, 5) is 12.7. The van der Waals surface area contributed by atoms with Gasteiger partial charge in [-0.15, -0.1) is 0 Å². The van der Waals surface area contributed by atoms with Crippen molar-refractivity contribution >= 4 is 5.78 Å². The number of hydrogen-bond donors (Lipinski definition) is 0. The van der Waals surface area contributed by atoms with Gasteiger partial charge in [-0.25, -0.2) is 0 Å². The smallest absolute Gasteiger partial charge is 0.158 e. The van der Waals surface area contributed by atoms with Crippen molar-refractivity contribution in [3.8, 4) is 6.07 Å². The lowest BCUT2D eigenvalue weighted by Gasteiger charge is -2.40. The Balaban J connectivity index is 2.16. The largest absolute Gasteiger partial charge is 0.372 e. The van der Waals surface area contributed by atoms with Crippen LogP contribution >= 0.6 is 0 Å². The first-order valence-electron chi connectivity index (χ1n) is 7.35. The van der Waals surface area contributed by atoms with E-state index in [1.807, 2.05) is 13.8 Å². The molecule has 0 bridgehead atoms. The van der Waals surface area contributed by atoms with Gasteiger partial charge in [-0.3, -0.25) is 4.79 Å². The van der Waals surface area contributed by atoms with Crippen LogP contribution in [-0.4, -0.2) is 17.5 Å². The first kappa shape index (κ1) is 14.5. The van der Waals surface area contributed by atoms with Gasteiger partial charge in [0.2, 0.25) is 0 Å². The third kappa shape index (κ3) is 2.69. The Morgan fingerprint density at radius 1 is 1.26 bits per heavy atom. The van der Waals surface area contributed by atoms with Gasteiger partial charge in [-0.1, -0.05) is 20.3 Å². The minimum atomic E-state index is -0.813. The van der Waals surface area contributed by atoms with Gasteiger partial charge in [0.15, 0.2) is 5.78 Å². The van der Waals surface area contributed by atoms with Gasteiger partial charge >= 0.3 is 0 Å². The van der Waals surface area contributed by atoms with Crippen molar-refractivity contribution in [1.29, 1.82) is 5.26 Å². The Labute approximate surface area is 116 Å². The number of hydrogen-bond acceptors (Lipinski definition) is 3. The first-order chi connectivity index (χ1) is 8.71. The molecule has 0 aromatic carbocycles. The molecule has 1 saturated carbocycles. The highest BCUT2D eigenvalue weighted by Crippen LogP contribution is 2.47. The quantitative estimate of drug-likeness (QED) is 0.764. The van der Waals surface area contributed by atoms with E-state index < -0.39 is 5.41 Å². The van der Waals surface area contributed by atoms with Crippen LogP contribution in [0, 0.1) is 22.2 Å². The molecule has 0 aromatic heterocycles. The van der Waals surface area contributed by atoms with E-state index in [-0.39, 0.29) is 22.9 Å². The maximum Gasteiger partial charge on any atom is 0.158 e. The Hall–Kier alpha value is -0.880. The number of carbonyl (C=O) groups excluding carboxylic acids is 1. The van der Waals surface area contributed by atoms with E-state index in [0.717, 1.165) is 25.7 Å². The molecule has 106 valence electrons. The molecule has 2 fully saturated rings. The minimum absolute atomic E-state index is 0.0625. The fourth-order valence-electron chi connectivity index (χ4n) is 3.66. The molecule has 0 radical (unpaired) electrons. The number of Topliss-reactive ketones (excluding diaryl/α,β-unsaturated/α-hetero) is 1. The van der Waals surface area contributed by atoms with Crippen molar-refractivity contribution in [3.05, 3.63) is 0 Å². The Bertz CT molecular complexity index is 419. The number of rotatable bonds is 2. The molecule has 3 nitrogen and oxygen atoms in total. The number of ketones is 1. The highest BCUT2D eigenvalue weighted by atomic mass is 16.5. The predicted molar refractivity (Wildman–Crippen MR) is 73.5 cm³/mol. The first-order valence-corrected chi connectivity index (χ1v) is 7.35. The van der Waals surface area contributed by atoms with Gasteiger partial charge in [-0.05, 0) is 46.0 Å². The fourth-order valence-corrected chi connectivity index (χ4v) is 3.66. The van der Waals surface area contributed by atoms with E-state index in [9.17, 15) is 10.1 Å². The predicted octanol–water partition coefficient (Wildman–Crippen LogP) is 3.62. The van der Waals surface area contributed by atoms with Crippen LogP contribution in [0.25, 0.3) is 0 Å². The van der Waals surface area contributed by atoms with Crippen LogP contribution in [0.2, 0.25) is 0 Å². The van der Waals surface area contributed by atoms with E-state index in [0.29, 0.717) is 12.8 Å². The highest BCUT2D eigenvalue weighted by Gasteiger charge is 2.51. The summed E-state index contributed by atoms with van der Waals surface area (Å²) in [5.41, 5.74) is -1.27. The molecule has 0 amide bonds. The highest BCUT2D eigenvalue weighted by molar-refractivity contribution is 5.92. The van der Waals surface area contributed by atoms with Gasteiger partial charge in [0.05, 0.1) is 17.8 Å². The summed E-state index contributed by atoms with van der Waals surface area (Å²) in [5, 5.41) is 9.61. The van der Waals surface area contributed by atoms with Crippen LogP contribution in [-0.2, 0) is 9.53 Å². The lowest BCUT2D eigenvalue weighted by Crippen LogP contribution is -2.45. The summed E-state index contributed by atoms with van der Waals surface area (Å²) in [5.74, 6) is 0.127. The second-order valence-electron chi connectivity index (χ2n) is 7.50. The SMILES string of the molecule is CC1(C)CCC(CC2(C#N)CCCC(C)(C)C2=O)O1. The van der Waals surface area contributed by atoms with E-state index >= 15 is 0 Å². The second kappa shape index (κ2) is 4.59. The van der Waals surface area contributed by atoms with Crippen LogP contribution in [0.4, 0.5) is 0 Å². The zero-order valence-corrected chi connectivity index (χ0v) is 12.6. The molecule has 19 heavy (non-hydrogen) atoms. The van der Waals surface area contributed by atoms with E-state index in [1.54, 1.807) is 0 Å².